The minimum absolute atomic E-state index is 0.102. The molecule has 3 N–H and O–H groups in total. The predicted molar refractivity (Wildman–Crippen MR) is 363 cm³/mol. The van der Waals surface area contributed by atoms with Crippen LogP contribution in [0.4, 0.5) is 0 Å². The van der Waals surface area contributed by atoms with E-state index in [4.69, 9.17) is 37.0 Å². The third kappa shape index (κ3) is 63.5. The number of ether oxygens (including phenoxy) is 4. The minimum Gasteiger partial charge on any atom is -0.462 e. The van der Waals surface area contributed by atoms with Gasteiger partial charge >= 0.3 is 39.5 Å². The topological polar surface area (TPSA) is 237 Å². The number of carbonyl (C=O) groups is 4. The first-order chi connectivity index (χ1) is 43.1. The van der Waals surface area contributed by atoms with Gasteiger partial charge in [0.25, 0.3) is 0 Å². The molecule has 0 heterocycles. The number of carbonyl (C=O) groups excluding carboxylic acids is 4. The van der Waals surface area contributed by atoms with E-state index in [1.54, 1.807) is 0 Å². The molecule has 0 spiro atoms. The third-order valence-electron chi connectivity index (χ3n) is 16.7. The Bertz CT molecular complexity index is 1780. The minimum atomic E-state index is -4.95. The standard InChI is InChI=1S/C71H138O17P2/c1-9-64(8)50-42-34-28-30-38-46-54-71(76)88-67(57-81-68(73)51-43-35-25-21-17-14-13-16-20-24-32-40-48-62(4)5)60-86-90(79,80)84-56-65(72)55-83-89(77,78)85-59-66(58-82-69(74)52-44-36-29-27-33-41-49-63(6)7)87-70(75)53-45-37-26-22-18-12-10-11-15-19-23-31-39-47-61(2)3/h61-67,72H,9-60H2,1-8H3,(H,77,78)(H,79,80)/t64?,65-,66+,67+/m0/s1. The van der Waals surface area contributed by atoms with Crippen LogP contribution >= 0.6 is 15.6 Å². The van der Waals surface area contributed by atoms with Crippen molar-refractivity contribution in [3.8, 4) is 0 Å². The van der Waals surface area contributed by atoms with Crippen LogP contribution in [0.5, 0.6) is 0 Å². The number of aliphatic hydroxyl groups is 1. The van der Waals surface area contributed by atoms with E-state index in [9.17, 15) is 43.2 Å². The van der Waals surface area contributed by atoms with Crippen molar-refractivity contribution in [1.82, 2.24) is 0 Å². The van der Waals surface area contributed by atoms with Crippen LogP contribution < -0.4 is 0 Å². The Labute approximate surface area is 549 Å². The number of aliphatic hydroxyl groups excluding tert-OH is 1. The summed E-state index contributed by atoms with van der Waals surface area (Å²) in [5, 5.41) is 10.6. The Morgan fingerprint density at radius 3 is 0.789 bits per heavy atom. The summed E-state index contributed by atoms with van der Waals surface area (Å²) >= 11 is 0. The van der Waals surface area contributed by atoms with E-state index in [0.717, 1.165) is 114 Å². The first-order valence-electron chi connectivity index (χ1n) is 36.7. The van der Waals surface area contributed by atoms with Gasteiger partial charge in [-0.2, -0.15) is 0 Å². The molecule has 0 aliphatic heterocycles. The van der Waals surface area contributed by atoms with Gasteiger partial charge in [0.2, 0.25) is 0 Å². The molecule has 19 heteroatoms. The number of hydrogen-bond donors (Lipinski definition) is 3. The maximum absolute atomic E-state index is 13.0. The highest BCUT2D eigenvalue weighted by Gasteiger charge is 2.30. The van der Waals surface area contributed by atoms with E-state index < -0.39 is 97.5 Å². The van der Waals surface area contributed by atoms with Crippen molar-refractivity contribution >= 4 is 39.5 Å². The van der Waals surface area contributed by atoms with Crippen molar-refractivity contribution in [1.29, 1.82) is 0 Å². The number of phosphoric acid groups is 2. The average molecular weight is 1330 g/mol. The first kappa shape index (κ1) is 88.1. The molecule has 0 fully saturated rings. The molecule has 0 bridgehead atoms. The Balaban J connectivity index is 5.21. The summed E-state index contributed by atoms with van der Waals surface area (Å²) in [6.07, 6.45) is 43.2. The van der Waals surface area contributed by atoms with E-state index in [-0.39, 0.29) is 25.7 Å². The Morgan fingerprint density at radius 2 is 0.533 bits per heavy atom. The van der Waals surface area contributed by atoms with Gasteiger partial charge in [-0.1, -0.05) is 299 Å². The number of hydrogen-bond acceptors (Lipinski definition) is 15. The largest absolute Gasteiger partial charge is 0.472 e. The van der Waals surface area contributed by atoms with Crippen molar-refractivity contribution in [3.05, 3.63) is 0 Å². The van der Waals surface area contributed by atoms with Gasteiger partial charge in [0.1, 0.15) is 19.3 Å². The summed E-state index contributed by atoms with van der Waals surface area (Å²) in [4.78, 5) is 72.5. The summed E-state index contributed by atoms with van der Waals surface area (Å²) in [7, 11) is -9.90. The fraction of sp³-hybridized carbons (Fsp3) is 0.944. The molecule has 0 aliphatic carbocycles. The Morgan fingerprint density at radius 1 is 0.311 bits per heavy atom. The lowest BCUT2D eigenvalue weighted by Crippen LogP contribution is -2.30. The SMILES string of the molecule is CCC(C)CCCCCCCCC(=O)O[C@H](COC(=O)CCCCCCCCCCCCCCC(C)C)COP(=O)(O)OC[C@@H](O)COP(=O)(O)OC[C@@H](COC(=O)CCCCCCCCC(C)C)OC(=O)CCCCCCCCCCCCCCCC(C)C. The van der Waals surface area contributed by atoms with Crippen LogP contribution in [0.25, 0.3) is 0 Å². The number of unbranched alkanes of at least 4 members (excludes halogenated alkanes) is 33. The number of phosphoric ester groups is 2. The molecule has 0 rings (SSSR count). The highest BCUT2D eigenvalue weighted by Crippen LogP contribution is 2.45. The lowest BCUT2D eigenvalue weighted by Gasteiger charge is -2.21. The molecular weight excluding hydrogens is 1190 g/mol. The normalized spacial score (nSPS) is 14.6. The van der Waals surface area contributed by atoms with Crippen molar-refractivity contribution < 1.29 is 80.2 Å². The van der Waals surface area contributed by atoms with Crippen molar-refractivity contribution in [2.45, 2.75) is 369 Å². The first-order valence-corrected chi connectivity index (χ1v) is 39.7. The zero-order valence-electron chi connectivity index (χ0n) is 58.8. The van der Waals surface area contributed by atoms with Crippen molar-refractivity contribution in [2.75, 3.05) is 39.6 Å². The van der Waals surface area contributed by atoms with Gasteiger partial charge in [0.15, 0.2) is 12.2 Å². The molecule has 0 aromatic carbocycles. The number of esters is 4. The maximum atomic E-state index is 13.0. The van der Waals surface area contributed by atoms with Crippen LogP contribution in [0, 0.1) is 23.7 Å². The second kappa shape index (κ2) is 60.7. The van der Waals surface area contributed by atoms with Gasteiger partial charge in [0.05, 0.1) is 26.4 Å². The second-order valence-corrected chi connectivity index (χ2v) is 30.2. The quantitative estimate of drug-likeness (QED) is 0.0222. The molecule has 0 aromatic heterocycles. The molecule has 534 valence electrons. The van der Waals surface area contributed by atoms with E-state index in [1.165, 1.54) is 148 Å². The molecule has 0 aromatic rings. The fourth-order valence-corrected chi connectivity index (χ4v) is 12.2. The van der Waals surface area contributed by atoms with Gasteiger partial charge < -0.3 is 33.8 Å². The van der Waals surface area contributed by atoms with Crippen molar-refractivity contribution in [2.24, 2.45) is 23.7 Å². The average Bonchev–Trinajstić information content (AvgIpc) is 3.66. The molecule has 0 amide bonds. The molecule has 90 heavy (non-hydrogen) atoms. The van der Waals surface area contributed by atoms with Crippen LogP contribution in [0.15, 0.2) is 0 Å². The van der Waals surface area contributed by atoms with Crippen LogP contribution in [-0.4, -0.2) is 96.7 Å². The summed E-state index contributed by atoms with van der Waals surface area (Å²) < 4.78 is 68.3. The summed E-state index contributed by atoms with van der Waals surface area (Å²) in [5.74, 6) is 0.836. The second-order valence-electron chi connectivity index (χ2n) is 27.3. The lowest BCUT2D eigenvalue weighted by molar-refractivity contribution is -0.161. The summed E-state index contributed by atoms with van der Waals surface area (Å²) in [5.41, 5.74) is 0. The third-order valence-corrected chi connectivity index (χ3v) is 18.6. The lowest BCUT2D eigenvalue weighted by atomic mass is 10.00. The molecule has 0 aliphatic rings. The predicted octanol–water partition coefficient (Wildman–Crippen LogP) is 20.1. The van der Waals surface area contributed by atoms with Crippen LogP contribution in [0.1, 0.15) is 351 Å². The van der Waals surface area contributed by atoms with Gasteiger partial charge in [0, 0.05) is 25.7 Å². The highest BCUT2D eigenvalue weighted by molar-refractivity contribution is 7.47. The molecule has 6 atom stereocenters. The molecule has 0 radical (unpaired) electrons. The number of rotatable bonds is 68. The van der Waals surface area contributed by atoms with Crippen LogP contribution in [0.3, 0.4) is 0 Å². The molecule has 17 nitrogen and oxygen atoms in total. The van der Waals surface area contributed by atoms with Crippen molar-refractivity contribution in [3.63, 3.8) is 0 Å². The fourth-order valence-electron chi connectivity index (χ4n) is 10.6. The highest BCUT2D eigenvalue weighted by atomic mass is 31.2. The summed E-state index contributed by atoms with van der Waals surface area (Å²) in [6, 6.07) is 0. The Hall–Kier alpha value is -1.94. The van der Waals surface area contributed by atoms with E-state index >= 15 is 0 Å². The van der Waals surface area contributed by atoms with Gasteiger partial charge in [-0.15, -0.1) is 0 Å². The maximum Gasteiger partial charge on any atom is 0.472 e. The smallest absolute Gasteiger partial charge is 0.462 e. The molecule has 3 unspecified atom stereocenters. The van der Waals surface area contributed by atoms with E-state index in [0.29, 0.717) is 31.6 Å². The zero-order valence-corrected chi connectivity index (χ0v) is 60.6. The van der Waals surface area contributed by atoms with Gasteiger partial charge in [-0.05, 0) is 49.4 Å². The van der Waals surface area contributed by atoms with Gasteiger partial charge in [-0.25, -0.2) is 9.13 Å². The van der Waals surface area contributed by atoms with E-state index in [1.807, 2.05) is 0 Å². The summed E-state index contributed by atoms with van der Waals surface area (Å²) in [6.45, 7) is 14.1. The monoisotopic (exact) mass is 1320 g/mol. The van der Waals surface area contributed by atoms with Gasteiger partial charge in [-0.3, -0.25) is 37.3 Å². The van der Waals surface area contributed by atoms with E-state index in [2.05, 4.69) is 55.4 Å². The molecule has 0 saturated carbocycles. The van der Waals surface area contributed by atoms with Crippen LogP contribution in [-0.2, 0) is 65.4 Å². The zero-order chi connectivity index (χ0) is 66.8. The molecule has 0 saturated heterocycles. The molecular formula is C71H138O17P2. The Kier molecular flexibility index (Phi) is 59.4. The van der Waals surface area contributed by atoms with Crippen LogP contribution in [0.2, 0.25) is 0 Å².